The largest absolute Gasteiger partial charge is 0.367 e. The lowest BCUT2D eigenvalue weighted by molar-refractivity contribution is -0.0605. The number of hydrogen-bond acceptors (Lipinski definition) is 3. The Balaban J connectivity index is 0.00000392. The van der Waals surface area contributed by atoms with Crippen molar-refractivity contribution in [2.45, 2.75) is 45.8 Å². The predicted molar refractivity (Wildman–Crippen MR) is 125 cm³/mol. The topological polar surface area (TPSA) is 40.1 Å². The van der Waals surface area contributed by atoms with Gasteiger partial charge in [0.15, 0.2) is 5.96 Å². The van der Waals surface area contributed by atoms with Crippen molar-refractivity contribution in [2.75, 3.05) is 46.3 Å². The zero-order chi connectivity index (χ0) is 19.6. The van der Waals surface area contributed by atoms with Crippen LogP contribution in [0.2, 0.25) is 0 Å². The first-order valence-corrected chi connectivity index (χ1v) is 10.2. The molecule has 160 valence electrons. The van der Waals surface area contributed by atoms with Gasteiger partial charge in [0.2, 0.25) is 0 Å². The van der Waals surface area contributed by atoms with Crippen LogP contribution in [0.5, 0.6) is 0 Å². The highest BCUT2D eigenvalue weighted by atomic mass is 127. The third-order valence-electron chi connectivity index (χ3n) is 5.09. The van der Waals surface area contributed by atoms with Crippen molar-refractivity contribution in [3.8, 4) is 0 Å². The van der Waals surface area contributed by atoms with Crippen LogP contribution < -0.4 is 5.32 Å². The van der Waals surface area contributed by atoms with Crippen molar-refractivity contribution in [1.82, 2.24) is 15.1 Å². The Labute approximate surface area is 186 Å². The van der Waals surface area contributed by atoms with E-state index in [1.807, 2.05) is 7.05 Å². The molecule has 1 fully saturated rings. The number of nitrogens with zero attached hydrogens (tertiary/aromatic N) is 3. The van der Waals surface area contributed by atoms with Gasteiger partial charge in [-0.2, -0.15) is 0 Å². The van der Waals surface area contributed by atoms with Crippen LogP contribution in [0.4, 0.5) is 4.39 Å². The second-order valence-electron chi connectivity index (χ2n) is 7.10. The van der Waals surface area contributed by atoms with Gasteiger partial charge in [0.05, 0.1) is 12.6 Å². The molecule has 1 aromatic rings. The minimum absolute atomic E-state index is 0. The van der Waals surface area contributed by atoms with E-state index < -0.39 is 0 Å². The molecule has 7 heteroatoms. The van der Waals surface area contributed by atoms with Gasteiger partial charge >= 0.3 is 0 Å². The lowest BCUT2D eigenvalue weighted by Crippen LogP contribution is -2.50. The summed E-state index contributed by atoms with van der Waals surface area (Å²) in [4.78, 5) is 9.15. The Kier molecular flexibility index (Phi) is 11.9. The highest BCUT2D eigenvalue weighted by molar-refractivity contribution is 14.0. The van der Waals surface area contributed by atoms with Crippen LogP contribution >= 0.6 is 24.0 Å². The zero-order valence-electron chi connectivity index (χ0n) is 17.7. The molecule has 0 saturated carbocycles. The summed E-state index contributed by atoms with van der Waals surface area (Å²) in [7, 11) is 1.82. The molecule has 1 saturated heterocycles. The van der Waals surface area contributed by atoms with E-state index in [4.69, 9.17) is 4.74 Å². The van der Waals surface area contributed by atoms with Crippen molar-refractivity contribution < 1.29 is 9.13 Å². The number of nitrogens with one attached hydrogen (secondary N) is 1. The number of halogens is 2. The molecule has 1 N–H and O–H groups in total. The second-order valence-corrected chi connectivity index (χ2v) is 7.10. The van der Waals surface area contributed by atoms with E-state index in [9.17, 15) is 4.39 Å². The number of hydrogen-bond donors (Lipinski definition) is 1. The number of aliphatic imine (C=N–C) groups is 1. The predicted octanol–water partition coefficient (Wildman–Crippen LogP) is 3.90. The molecule has 1 aromatic carbocycles. The van der Waals surface area contributed by atoms with Gasteiger partial charge in [-0.1, -0.05) is 26.0 Å². The fourth-order valence-electron chi connectivity index (χ4n) is 3.52. The number of unbranched alkanes of at least 4 members (excludes halogenated alkanes) is 1. The Morgan fingerprint density at radius 1 is 1.21 bits per heavy atom. The van der Waals surface area contributed by atoms with Gasteiger partial charge in [0, 0.05) is 20.1 Å². The van der Waals surface area contributed by atoms with E-state index in [1.54, 1.807) is 12.1 Å². The van der Waals surface area contributed by atoms with E-state index in [2.05, 4.69) is 40.9 Å². The molecule has 28 heavy (non-hydrogen) atoms. The minimum Gasteiger partial charge on any atom is -0.367 e. The van der Waals surface area contributed by atoms with Crippen molar-refractivity contribution in [3.63, 3.8) is 0 Å². The van der Waals surface area contributed by atoms with Crippen molar-refractivity contribution in [2.24, 2.45) is 4.99 Å². The van der Waals surface area contributed by atoms with Crippen molar-refractivity contribution in [1.29, 1.82) is 0 Å². The number of guanidine groups is 1. The maximum atomic E-state index is 13.2. The summed E-state index contributed by atoms with van der Waals surface area (Å²) < 4.78 is 19.3. The quantitative estimate of drug-likeness (QED) is 0.251. The summed E-state index contributed by atoms with van der Waals surface area (Å²) in [6.45, 7) is 12.3. The lowest BCUT2D eigenvalue weighted by Gasteiger charge is -2.38. The van der Waals surface area contributed by atoms with E-state index in [0.29, 0.717) is 0 Å². The van der Waals surface area contributed by atoms with Gasteiger partial charge in [-0.15, -0.1) is 24.0 Å². The maximum absolute atomic E-state index is 13.2. The minimum atomic E-state index is -0.221. The average Bonchev–Trinajstić information content (AvgIpc) is 2.67. The monoisotopic (exact) mass is 506 g/mol. The number of ether oxygens (including phenoxy) is 1. The molecule has 0 spiro atoms. The fraction of sp³-hybridized carbons (Fsp3) is 0.667. The Bertz CT molecular complexity index is 580. The molecule has 1 aliphatic rings. The fourth-order valence-corrected chi connectivity index (χ4v) is 3.52. The standard InChI is InChI=1S/C21H35FN4O.HI/c1-5-25(6-2)14-8-7-13-24-21(23-4)26-15-17(3)27-20(16-26)18-9-11-19(22)12-10-18;/h9-12,17,20H,5-8,13-16H2,1-4H3,(H,23,24);1H. The highest BCUT2D eigenvalue weighted by Gasteiger charge is 2.28. The first-order valence-electron chi connectivity index (χ1n) is 10.2. The Hall–Kier alpha value is -0.930. The van der Waals surface area contributed by atoms with Gasteiger partial charge < -0.3 is 19.9 Å². The molecule has 0 radical (unpaired) electrons. The van der Waals surface area contributed by atoms with Gasteiger partial charge in [0.1, 0.15) is 11.9 Å². The Morgan fingerprint density at radius 3 is 2.50 bits per heavy atom. The molecular formula is C21H36FIN4O. The summed E-state index contributed by atoms with van der Waals surface area (Å²) in [5.41, 5.74) is 1.00. The van der Waals surface area contributed by atoms with Crippen LogP contribution in [0.25, 0.3) is 0 Å². The summed E-state index contributed by atoms with van der Waals surface area (Å²) in [6, 6.07) is 6.59. The second kappa shape index (κ2) is 13.3. The molecule has 0 amide bonds. The summed E-state index contributed by atoms with van der Waals surface area (Å²) in [6.07, 6.45) is 2.32. The third kappa shape index (κ3) is 7.83. The van der Waals surface area contributed by atoms with Crippen LogP contribution in [-0.2, 0) is 4.74 Å². The zero-order valence-corrected chi connectivity index (χ0v) is 20.0. The molecule has 0 bridgehead atoms. The molecule has 0 aliphatic carbocycles. The van der Waals surface area contributed by atoms with Crippen LogP contribution in [0, 0.1) is 5.82 Å². The van der Waals surface area contributed by atoms with Crippen LogP contribution in [0.3, 0.4) is 0 Å². The van der Waals surface area contributed by atoms with E-state index in [-0.39, 0.29) is 42.0 Å². The molecular weight excluding hydrogens is 470 g/mol. The van der Waals surface area contributed by atoms with Crippen LogP contribution in [0.15, 0.2) is 29.3 Å². The molecule has 2 rings (SSSR count). The maximum Gasteiger partial charge on any atom is 0.193 e. The Morgan fingerprint density at radius 2 is 1.89 bits per heavy atom. The van der Waals surface area contributed by atoms with Crippen LogP contribution in [-0.4, -0.2) is 68.2 Å². The van der Waals surface area contributed by atoms with Crippen LogP contribution in [0.1, 0.15) is 45.3 Å². The van der Waals surface area contributed by atoms with Gasteiger partial charge in [0.25, 0.3) is 0 Å². The molecule has 1 heterocycles. The smallest absolute Gasteiger partial charge is 0.193 e. The number of rotatable bonds is 8. The average molecular weight is 506 g/mol. The SMILES string of the molecule is CCN(CC)CCCCNC(=NC)N1CC(C)OC(c2ccc(F)cc2)C1.I. The van der Waals surface area contributed by atoms with Gasteiger partial charge in [-0.25, -0.2) is 4.39 Å². The van der Waals surface area contributed by atoms with Gasteiger partial charge in [-0.05, 0) is 57.1 Å². The molecule has 2 unspecified atom stereocenters. The lowest BCUT2D eigenvalue weighted by atomic mass is 10.1. The normalized spacial score (nSPS) is 20.2. The van der Waals surface area contributed by atoms with Crippen molar-refractivity contribution >= 4 is 29.9 Å². The highest BCUT2D eigenvalue weighted by Crippen LogP contribution is 2.25. The molecule has 5 nitrogen and oxygen atoms in total. The third-order valence-corrected chi connectivity index (χ3v) is 5.09. The molecule has 0 aromatic heterocycles. The van der Waals surface area contributed by atoms with Gasteiger partial charge in [-0.3, -0.25) is 4.99 Å². The van der Waals surface area contributed by atoms with E-state index in [1.165, 1.54) is 18.6 Å². The van der Waals surface area contributed by atoms with E-state index >= 15 is 0 Å². The first kappa shape index (κ1) is 25.1. The number of benzene rings is 1. The molecule has 1 aliphatic heterocycles. The van der Waals surface area contributed by atoms with Crippen molar-refractivity contribution in [3.05, 3.63) is 35.6 Å². The summed E-state index contributed by atoms with van der Waals surface area (Å²) >= 11 is 0. The summed E-state index contributed by atoms with van der Waals surface area (Å²) in [5.74, 6) is 0.696. The summed E-state index contributed by atoms with van der Waals surface area (Å²) in [5, 5.41) is 3.49. The number of morpholine rings is 1. The van der Waals surface area contributed by atoms with E-state index in [0.717, 1.165) is 57.2 Å². The molecule has 2 atom stereocenters. The first-order chi connectivity index (χ1) is 13.1.